The highest BCUT2D eigenvalue weighted by Crippen LogP contribution is 2.21. The number of nitrogens with one attached hydrogen (secondary N) is 1. The van der Waals surface area contributed by atoms with Gasteiger partial charge in [0.05, 0.1) is 6.07 Å². The number of nitriles is 1. The van der Waals surface area contributed by atoms with E-state index in [0.717, 1.165) is 32.4 Å². The Kier molecular flexibility index (Phi) is 6.71. The maximum atomic E-state index is 9.34. The maximum Gasteiger partial charge on any atom is 0.103 e. The fourth-order valence-corrected chi connectivity index (χ4v) is 2.61. The SMILES string of the molecule is CCCNC(C)(C#N)CCCN(C)c1ccc(C)cc1C. The van der Waals surface area contributed by atoms with Crippen molar-refractivity contribution >= 4 is 5.69 Å². The van der Waals surface area contributed by atoms with Gasteiger partial charge in [-0.3, -0.25) is 5.32 Å². The van der Waals surface area contributed by atoms with Crippen molar-refractivity contribution in [1.29, 1.82) is 5.26 Å². The van der Waals surface area contributed by atoms with Gasteiger partial charge < -0.3 is 4.90 Å². The number of nitrogens with zero attached hydrogens (tertiary/aromatic N) is 2. The molecule has 0 bridgehead atoms. The summed E-state index contributed by atoms with van der Waals surface area (Å²) in [6.07, 6.45) is 2.93. The van der Waals surface area contributed by atoms with Crippen molar-refractivity contribution in [3.63, 3.8) is 0 Å². The van der Waals surface area contributed by atoms with Crippen LogP contribution in [-0.2, 0) is 0 Å². The van der Waals surface area contributed by atoms with Gasteiger partial charge in [0, 0.05) is 19.3 Å². The molecule has 0 aromatic heterocycles. The van der Waals surface area contributed by atoms with Gasteiger partial charge in [0.15, 0.2) is 0 Å². The van der Waals surface area contributed by atoms with E-state index >= 15 is 0 Å². The van der Waals surface area contributed by atoms with E-state index in [1.54, 1.807) is 0 Å². The summed E-state index contributed by atoms with van der Waals surface area (Å²) < 4.78 is 0. The zero-order chi connectivity index (χ0) is 15.9. The number of rotatable bonds is 8. The van der Waals surface area contributed by atoms with Crippen molar-refractivity contribution in [3.05, 3.63) is 29.3 Å². The Hall–Kier alpha value is -1.53. The Bertz CT molecular complexity index is 490. The standard InChI is InChI=1S/C18H29N3/c1-6-11-20-18(4,14-19)10-7-12-21(5)17-9-8-15(2)13-16(17)3/h8-9,13,20H,6-7,10-12H2,1-5H3. The van der Waals surface area contributed by atoms with Gasteiger partial charge in [-0.25, -0.2) is 0 Å². The minimum absolute atomic E-state index is 0.404. The van der Waals surface area contributed by atoms with Crippen LogP contribution in [-0.4, -0.2) is 25.7 Å². The molecule has 0 saturated heterocycles. The average Bonchev–Trinajstić information content (AvgIpc) is 2.45. The molecule has 1 aromatic rings. The lowest BCUT2D eigenvalue weighted by molar-refractivity contribution is 0.408. The van der Waals surface area contributed by atoms with Crippen LogP contribution in [0.3, 0.4) is 0 Å². The molecule has 1 atom stereocenters. The third-order valence-corrected chi connectivity index (χ3v) is 3.95. The fourth-order valence-electron chi connectivity index (χ4n) is 2.61. The Morgan fingerprint density at radius 2 is 2.05 bits per heavy atom. The second-order valence-electron chi connectivity index (χ2n) is 6.19. The van der Waals surface area contributed by atoms with Gasteiger partial charge in [-0.1, -0.05) is 24.6 Å². The molecule has 116 valence electrons. The molecule has 0 aliphatic rings. The first-order valence-corrected chi connectivity index (χ1v) is 7.86. The van der Waals surface area contributed by atoms with E-state index in [4.69, 9.17) is 0 Å². The van der Waals surface area contributed by atoms with E-state index in [9.17, 15) is 5.26 Å². The topological polar surface area (TPSA) is 39.1 Å². The molecule has 0 fully saturated rings. The summed E-state index contributed by atoms with van der Waals surface area (Å²) in [4.78, 5) is 2.28. The smallest absolute Gasteiger partial charge is 0.103 e. The molecule has 0 aliphatic heterocycles. The van der Waals surface area contributed by atoms with E-state index in [1.165, 1.54) is 16.8 Å². The van der Waals surface area contributed by atoms with Crippen LogP contribution in [0.4, 0.5) is 5.69 Å². The summed E-state index contributed by atoms with van der Waals surface area (Å²) >= 11 is 0. The Morgan fingerprint density at radius 1 is 1.33 bits per heavy atom. The predicted octanol–water partition coefficient (Wildman–Crippen LogP) is 3.80. The van der Waals surface area contributed by atoms with Crippen LogP contribution in [0.2, 0.25) is 0 Å². The molecule has 0 aliphatic carbocycles. The summed E-state index contributed by atoms with van der Waals surface area (Å²) in [6.45, 7) is 10.3. The van der Waals surface area contributed by atoms with Gasteiger partial charge in [0.1, 0.15) is 5.54 Å². The Morgan fingerprint density at radius 3 is 2.62 bits per heavy atom. The van der Waals surface area contributed by atoms with Gasteiger partial charge in [-0.05, 0) is 58.2 Å². The van der Waals surface area contributed by atoms with E-state index in [0.29, 0.717) is 0 Å². The molecule has 3 nitrogen and oxygen atoms in total. The van der Waals surface area contributed by atoms with Crippen molar-refractivity contribution in [2.75, 3.05) is 25.0 Å². The van der Waals surface area contributed by atoms with E-state index in [-0.39, 0.29) is 0 Å². The fraction of sp³-hybridized carbons (Fsp3) is 0.611. The molecule has 1 aromatic carbocycles. The molecule has 0 radical (unpaired) electrons. The number of aryl methyl sites for hydroxylation is 2. The van der Waals surface area contributed by atoms with Crippen molar-refractivity contribution in [3.8, 4) is 6.07 Å². The van der Waals surface area contributed by atoms with Gasteiger partial charge in [-0.15, -0.1) is 0 Å². The number of hydrogen-bond acceptors (Lipinski definition) is 3. The lowest BCUT2D eigenvalue weighted by Gasteiger charge is -2.26. The summed E-state index contributed by atoms with van der Waals surface area (Å²) in [7, 11) is 2.13. The highest BCUT2D eigenvalue weighted by atomic mass is 15.1. The summed E-state index contributed by atoms with van der Waals surface area (Å²) in [5.41, 5.74) is 3.48. The second-order valence-corrected chi connectivity index (χ2v) is 6.19. The Balaban J connectivity index is 2.53. The number of anilines is 1. The number of hydrogen-bond donors (Lipinski definition) is 1. The molecule has 3 heteroatoms. The van der Waals surface area contributed by atoms with Crippen LogP contribution in [0.5, 0.6) is 0 Å². The first-order chi connectivity index (χ1) is 9.91. The first kappa shape index (κ1) is 17.5. The van der Waals surface area contributed by atoms with Crippen molar-refractivity contribution < 1.29 is 0 Å². The molecule has 1 rings (SSSR count). The lowest BCUT2D eigenvalue weighted by Crippen LogP contribution is -2.41. The van der Waals surface area contributed by atoms with Crippen molar-refractivity contribution in [2.24, 2.45) is 0 Å². The molecular formula is C18H29N3. The van der Waals surface area contributed by atoms with Crippen LogP contribution in [0.25, 0.3) is 0 Å². The van der Waals surface area contributed by atoms with Crippen LogP contribution in [0, 0.1) is 25.2 Å². The molecule has 21 heavy (non-hydrogen) atoms. The zero-order valence-corrected chi connectivity index (χ0v) is 14.2. The third-order valence-electron chi connectivity index (χ3n) is 3.95. The monoisotopic (exact) mass is 287 g/mol. The van der Waals surface area contributed by atoms with Crippen LogP contribution in [0.1, 0.15) is 44.2 Å². The van der Waals surface area contributed by atoms with Crippen LogP contribution < -0.4 is 10.2 Å². The molecule has 0 saturated carbocycles. The van der Waals surface area contributed by atoms with E-state index < -0.39 is 5.54 Å². The van der Waals surface area contributed by atoms with Crippen molar-refractivity contribution in [1.82, 2.24) is 5.32 Å². The van der Waals surface area contributed by atoms with E-state index in [2.05, 4.69) is 62.3 Å². The highest BCUT2D eigenvalue weighted by Gasteiger charge is 2.22. The summed E-state index contributed by atoms with van der Waals surface area (Å²) in [5, 5.41) is 12.7. The molecule has 0 heterocycles. The minimum Gasteiger partial charge on any atom is -0.374 e. The minimum atomic E-state index is -0.404. The summed E-state index contributed by atoms with van der Waals surface area (Å²) in [5.74, 6) is 0. The zero-order valence-electron chi connectivity index (χ0n) is 14.2. The average molecular weight is 287 g/mol. The summed E-state index contributed by atoms with van der Waals surface area (Å²) in [6, 6.07) is 8.97. The van der Waals surface area contributed by atoms with Crippen molar-refractivity contribution in [2.45, 2.75) is 52.5 Å². The maximum absolute atomic E-state index is 9.34. The second kappa shape index (κ2) is 8.05. The Labute approximate surface area is 130 Å². The first-order valence-electron chi connectivity index (χ1n) is 7.86. The van der Waals surface area contributed by atoms with Crippen LogP contribution in [0.15, 0.2) is 18.2 Å². The predicted molar refractivity (Wildman–Crippen MR) is 90.7 cm³/mol. The van der Waals surface area contributed by atoms with Gasteiger partial charge >= 0.3 is 0 Å². The van der Waals surface area contributed by atoms with Crippen LogP contribution >= 0.6 is 0 Å². The molecule has 1 unspecified atom stereocenters. The highest BCUT2D eigenvalue weighted by molar-refractivity contribution is 5.53. The molecule has 0 amide bonds. The molecular weight excluding hydrogens is 258 g/mol. The van der Waals surface area contributed by atoms with E-state index in [1.807, 2.05) is 6.92 Å². The third kappa shape index (κ3) is 5.40. The number of benzene rings is 1. The van der Waals surface area contributed by atoms with Gasteiger partial charge in [0.2, 0.25) is 0 Å². The quantitative estimate of drug-likeness (QED) is 0.790. The lowest BCUT2D eigenvalue weighted by atomic mass is 9.97. The molecule has 0 spiro atoms. The largest absolute Gasteiger partial charge is 0.374 e. The van der Waals surface area contributed by atoms with Gasteiger partial charge in [-0.2, -0.15) is 5.26 Å². The normalized spacial score (nSPS) is 13.5. The molecule has 1 N–H and O–H groups in total. The van der Waals surface area contributed by atoms with Gasteiger partial charge in [0.25, 0.3) is 0 Å².